The van der Waals surface area contributed by atoms with E-state index in [-0.39, 0.29) is 5.82 Å². The quantitative estimate of drug-likeness (QED) is 0.793. The number of halogens is 1. The van der Waals surface area contributed by atoms with Gasteiger partial charge < -0.3 is 10.6 Å². The number of nitrogens with zero attached hydrogens (tertiary/aromatic N) is 1. The van der Waals surface area contributed by atoms with Gasteiger partial charge in [0.2, 0.25) is 0 Å². The van der Waals surface area contributed by atoms with E-state index in [0.29, 0.717) is 11.7 Å². The van der Waals surface area contributed by atoms with E-state index in [2.05, 4.69) is 18.7 Å². The Hall–Kier alpha value is -1.25. The minimum Gasteiger partial charge on any atom is -0.397 e. The smallest absolute Gasteiger partial charge is 0.125 e. The third-order valence-corrected chi connectivity index (χ3v) is 3.08. The minimum absolute atomic E-state index is 0.217. The van der Waals surface area contributed by atoms with Crippen LogP contribution in [-0.4, -0.2) is 12.6 Å². The standard InChI is InChI=1S/C13H19FN2/c1-9(2)16(8-10-3-4-10)13-7-11(14)5-6-12(13)15/h5-7,9-10H,3-4,8,15H2,1-2H3. The summed E-state index contributed by atoms with van der Waals surface area (Å²) in [4.78, 5) is 2.20. The maximum Gasteiger partial charge on any atom is 0.125 e. The second-order valence-electron chi connectivity index (χ2n) is 4.89. The van der Waals surface area contributed by atoms with Gasteiger partial charge >= 0.3 is 0 Å². The van der Waals surface area contributed by atoms with E-state index in [9.17, 15) is 4.39 Å². The third-order valence-electron chi connectivity index (χ3n) is 3.08. The maximum absolute atomic E-state index is 13.2. The monoisotopic (exact) mass is 222 g/mol. The maximum atomic E-state index is 13.2. The van der Waals surface area contributed by atoms with Crippen molar-refractivity contribution in [3.63, 3.8) is 0 Å². The van der Waals surface area contributed by atoms with Crippen LogP contribution >= 0.6 is 0 Å². The highest BCUT2D eigenvalue weighted by Crippen LogP contribution is 2.34. The molecule has 1 saturated carbocycles. The normalized spacial score (nSPS) is 15.5. The summed E-state index contributed by atoms with van der Waals surface area (Å²) < 4.78 is 13.2. The lowest BCUT2D eigenvalue weighted by Gasteiger charge is -2.30. The Morgan fingerprint density at radius 2 is 2.12 bits per heavy atom. The van der Waals surface area contributed by atoms with E-state index in [4.69, 9.17) is 5.73 Å². The molecule has 88 valence electrons. The summed E-state index contributed by atoms with van der Waals surface area (Å²) in [6.07, 6.45) is 2.58. The number of nitrogen functional groups attached to an aromatic ring is 1. The number of hydrogen-bond acceptors (Lipinski definition) is 2. The van der Waals surface area contributed by atoms with Gasteiger partial charge in [-0.15, -0.1) is 0 Å². The third kappa shape index (κ3) is 2.46. The minimum atomic E-state index is -0.217. The zero-order valence-electron chi connectivity index (χ0n) is 9.91. The molecule has 1 aliphatic carbocycles. The summed E-state index contributed by atoms with van der Waals surface area (Å²) >= 11 is 0. The van der Waals surface area contributed by atoms with E-state index >= 15 is 0 Å². The van der Waals surface area contributed by atoms with Crippen molar-refractivity contribution in [2.75, 3.05) is 17.2 Å². The van der Waals surface area contributed by atoms with Crippen LogP contribution in [-0.2, 0) is 0 Å². The number of rotatable bonds is 4. The molecule has 0 atom stereocenters. The van der Waals surface area contributed by atoms with E-state index in [1.54, 1.807) is 6.07 Å². The molecule has 0 aromatic heterocycles. The van der Waals surface area contributed by atoms with Crippen LogP contribution < -0.4 is 10.6 Å². The summed E-state index contributed by atoms with van der Waals surface area (Å²) in [6.45, 7) is 5.23. The van der Waals surface area contributed by atoms with Crippen molar-refractivity contribution in [1.82, 2.24) is 0 Å². The molecule has 0 unspecified atom stereocenters. The first-order valence-electron chi connectivity index (χ1n) is 5.89. The van der Waals surface area contributed by atoms with Crippen molar-refractivity contribution < 1.29 is 4.39 Å². The van der Waals surface area contributed by atoms with Crippen molar-refractivity contribution >= 4 is 11.4 Å². The summed E-state index contributed by atoms with van der Waals surface area (Å²) in [5.74, 6) is 0.552. The number of benzene rings is 1. The van der Waals surface area contributed by atoms with Crippen molar-refractivity contribution in [1.29, 1.82) is 0 Å². The van der Waals surface area contributed by atoms with Crippen LogP contribution in [0.5, 0.6) is 0 Å². The molecule has 2 rings (SSSR count). The van der Waals surface area contributed by atoms with Crippen LogP contribution in [0.1, 0.15) is 26.7 Å². The Morgan fingerprint density at radius 3 is 2.69 bits per heavy atom. The first kappa shape index (κ1) is 11.2. The first-order chi connectivity index (χ1) is 7.58. The molecule has 2 N–H and O–H groups in total. The van der Waals surface area contributed by atoms with E-state index in [1.165, 1.54) is 25.0 Å². The molecule has 0 saturated heterocycles. The summed E-state index contributed by atoms with van der Waals surface area (Å²) in [5, 5.41) is 0. The van der Waals surface area contributed by atoms with Crippen LogP contribution in [0.15, 0.2) is 18.2 Å². The second-order valence-corrected chi connectivity index (χ2v) is 4.89. The molecule has 0 radical (unpaired) electrons. The van der Waals surface area contributed by atoms with Crippen LogP contribution in [0.25, 0.3) is 0 Å². The highest BCUT2D eigenvalue weighted by atomic mass is 19.1. The molecule has 0 aliphatic heterocycles. The molecule has 0 heterocycles. The zero-order chi connectivity index (χ0) is 11.7. The van der Waals surface area contributed by atoms with Gasteiger partial charge in [-0.2, -0.15) is 0 Å². The Morgan fingerprint density at radius 1 is 1.44 bits per heavy atom. The van der Waals surface area contributed by atoms with Gasteiger partial charge in [-0.3, -0.25) is 0 Å². The van der Waals surface area contributed by atoms with Crippen LogP contribution in [0.2, 0.25) is 0 Å². The average molecular weight is 222 g/mol. The molecule has 1 fully saturated rings. The van der Waals surface area contributed by atoms with Gasteiger partial charge in [0.25, 0.3) is 0 Å². The molecule has 1 aromatic carbocycles. The summed E-state index contributed by atoms with van der Waals surface area (Å²) in [5.41, 5.74) is 7.41. The van der Waals surface area contributed by atoms with Crippen LogP contribution in [0, 0.1) is 11.7 Å². The molecule has 16 heavy (non-hydrogen) atoms. The van der Waals surface area contributed by atoms with Crippen molar-refractivity contribution in [3.05, 3.63) is 24.0 Å². The van der Waals surface area contributed by atoms with E-state index < -0.39 is 0 Å². The van der Waals surface area contributed by atoms with Gasteiger partial charge in [0, 0.05) is 12.6 Å². The van der Waals surface area contributed by atoms with Crippen molar-refractivity contribution in [2.24, 2.45) is 5.92 Å². The predicted octanol–water partition coefficient (Wildman–Crippen LogP) is 3.03. The van der Waals surface area contributed by atoms with E-state index in [0.717, 1.165) is 18.2 Å². The average Bonchev–Trinajstić information content (AvgIpc) is 3.02. The lowest BCUT2D eigenvalue weighted by molar-refractivity contribution is 0.617. The van der Waals surface area contributed by atoms with Gasteiger partial charge in [0.1, 0.15) is 5.82 Å². The molecular weight excluding hydrogens is 203 g/mol. The van der Waals surface area contributed by atoms with Crippen molar-refractivity contribution in [3.8, 4) is 0 Å². The highest BCUT2D eigenvalue weighted by molar-refractivity contribution is 5.68. The van der Waals surface area contributed by atoms with Gasteiger partial charge in [0.05, 0.1) is 11.4 Å². The summed E-state index contributed by atoms with van der Waals surface area (Å²) in [7, 11) is 0. The lowest BCUT2D eigenvalue weighted by Crippen LogP contribution is -2.33. The predicted molar refractivity (Wildman–Crippen MR) is 66.0 cm³/mol. The molecule has 0 bridgehead atoms. The highest BCUT2D eigenvalue weighted by Gasteiger charge is 2.26. The van der Waals surface area contributed by atoms with Crippen LogP contribution in [0.4, 0.5) is 15.8 Å². The Bertz CT molecular complexity index is 372. The largest absolute Gasteiger partial charge is 0.397 e. The van der Waals surface area contributed by atoms with E-state index in [1.807, 2.05) is 0 Å². The molecule has 0 spiro atoms. The number of nitrogens with two attached hydrogens (primary N) is 1. The number of anilines is 2. The van der Waals surface area contributed by atoms with Crippen LogP contribution in [0.3, 0.4) is 0 Å². The Labute approximate surface area is 96.2 Å². The number of hydrogen-bond donors (Lipinski definition) is 1. The van der Waals surface area contributed by atoms with Crippen molar-refractivity contribution in [2.45, 2.75) is 32.7 Å². The fourth-order valence-electron chi connectivity index (χ4n) is 1.93. The summed E-state index contributed by atoms with van der Waals surface area (Å²) in [6, 6.07) is 4.95. The van der Waals surface area contributed by atoms with Gasteiger partial charge in [-0.1, -0.05) is 0 Å². The Balaban J connectivity index is 2.25. The lowest BCUT2D eigenvalue weighted by atomic mass is 10.2. The second kappa shape index (κ2) is 4.32. The van der Waals surface area contributed by atoms with Gasteiger partial charge in [0.15, 0.2) is 0 Å². The zero-order valence-corrected chi connectivity index (χ0v) is 9.91. The molecular formula is C13H19FN2. The SMILES string of the molecule is CC(C)N(CC1CC1)c1cc(F)ccc1N. The fourth-order valence-corrected chi connectivity index (χ4v) is 1.93. The molecule has 2 nitrogen and oxygen atoms in total. The molecule has 1 aliphatic rings. The Kier molecular flexibility index (Phi) is 3.03. The molecule has 1 aromatic rings. The first-order valence-corrected chi connectivity index (χ1v) is 5.89. The molecule has 0 amide bonds. The van der Waals surface area contributed by atoms with Gasteiger partial charge in [-0.25, -0.2) is 4.39 Å². The fraction of sp³-hybridized carbons (Fsp3) is 0.538. The topological polar surface area (TPSA) is 29.3 Å². The molecule has 3 heteroatoms. The van der Waals surface area contributed by atoms with Gasteiger partial charge in [-0.05, 0) is 50.8 Å².